The molecule has 0 unspecified atom stereocenters. The number of para-hydroxylation sites is 1. The van der Waals surface area contributed by atoms with Crippen molar-refractivity contribution in [1.29, 1.82) is 0 Å². The molecule has 2 N–H and O–H groups in total. The third-order valence-corrected chi connectivity index (χ3v) is 3.13. The first-order valence-electron chi connectivity index (χ1n) is 6.76. The molecular weight excluding hydrogens is 250 g/mol. The Balaban J connectivity index is 2.35. The van der Waals surface area contributed by atoms with Gasteiger partial charge >= 0.3 is 0 Å². The summed E-state index contributed by atoms with van der Waals surface area (Å²) in [6.07, 6.45) is 0.903. The molecule has 0 heterocycles. The highest BCUT2D eigenvalue weighted by atomic mass is 16.5. The van der Waals surface area contributed by atoms with Crippen LogP contribution in [0.1, 0.15) is 34.8 Å². The highest BCUT2D eigenvalue weighted by Crippen LogP contribution is 2.23. The van der Waals surface area contributed by atoms with E-state index in [1.165, 1.54) is 0 Å². The molecule has 0 bridgehead atoms. The third-order valence-electron chi connectivity index (χ3n) is 3.13. The molecule has 0 spiro atoms. The fraction of sp³-hybridized carbons (Fsp3) is 0.235. The quantitative estimate of drug-likeness (QED) is 0.666. The van der Waals surface area contributed by atoms with Crippen LogP contribution in [-0.2, 0) is 0 Å². The van der Waals surface area contributed by atoms with E-state index in [2.05, 4.69) is 0 Å². The summed E-state index contributed by atoms with van der Waals surface area (Å²) >= 11 is 0. The summed E-state index contributed by atoms with van der Waals surface area (Å²) in [4.78, 5) is 12.6. The number of ether oxygens (including phenoxy) is 1. The SMILES string of the molecule is CCCOc1ccccc1C(=O)c1ccc(C)c(N)c1. The largest absolute Gasteiger partial charge is 0.493 e. The zero-order valence-electron chi connectivity index (χ0n) is 11.8. The van der Waals surface area contributed by atoms with Crippen molar-refractivity contribution in [3.8, 4) is 5.75 Å². The van der Waals surface area contributed by atoms with Crippen LogP contribution in [0.4, 0.5) is 5.69 Å². The normalized spacial score (nSPS) is 10.3. The van der Waals surface area contributed by atoms with Crippen molar-refractivity contribution in [3.63, 3.8) is 0 Å². The molecule has 3 heteroatoms. The van der Waals surface area contributed by atoms with E-state index >= 15 is 0 Å². The number of nitrogens with two attached hydrogens (primary N) is 1. The van der Waals surface area contributed by atoms with E-state index in [0.717, 1.165) is 12.0 Å². The van der Waals surface area contributed by atoms with Gasteiger partial charge in [-0.2, -0.15) is 0 Å². The minimum absolute atomic E-state index is 0.0663. The topological polar surface area (TPSA) is 52.3 Å². The number of rotatable bonds is 5. The third kappa shape index (κ3) is 2.99. The molecule has 0 aliphatic heterocycles. The van der Waals surface area contributed by atoms with Gasteiger partial charge in [0.1, 0.15) is 5.75 Å². The van der Waals surface area contributed by atoms with Gasteiger partial charge in [0.15, 0.2) is 5.78 Å². The number of anilines is 1. The van der Waals surface area contributed by atoms with E-state index in [9.17, 15) is 4.79 Å². The highest BCUT2D eigenvalue weighted by Gasteiger charge is 2.14. The molecule has 0 radical (unpaired) electrons. The Morgan fingerprint density at radius 2 is 1.95 bits per heavy atom. The Morgan fingerprint density at radius 3 is 2.65 bits per heavy atom. The summed E-state index contributed by atoms with van der Waals surface area (Å²) in [7, 11) is 0. The van der Waals surface area contributed by atoms with Crippen LogP contribution in [0.15, 0.2) is 42.5 Å². The molecule has 0 saturated heterocycles. The average molecular weight is 269 g/mol. The van der Waals surface area contributed by atoms with Crippen LogP contribution in [-0.4, -0.2) is 12.4 Å². The fourth-order valence-electron chi connectivity index (χ4n) is 1.93. The zero-order valence-corrected chi connectivity index (χ0v) is 11.8. The molecule has 0 amide bonds. The van der Waals surface area contributed by atoms with Crippen LogP contribution in [0.5, 0.6) is 5.75 Å². The summed E-state index contributed by atoms with van der Waals surface area (Å²) < 4.78 is 5.63. The zero-order chi connectivity index (χ0) is 14.5. The molecule has 20 heavy (non-hydrogen) atoms. The Morgan fingerprint density at radius 1 is 1.20 bits per heavy atom. The molecule has 0 aromatic heterocycles. The van der Waals surface area contributed by atoms with Crippen molar-refractivity contribution >= 4 is 11.5 Å². The van der Waals surface area contributed by atoms with Crippen molar-refractivity contribution in [2.45, 2.75) is 20.3 Å². The first-order chi connectivity index (χ1) is 9.63. The second kappa shape index (κ2) is 6.24. The molecule has 0 aliphatic rings. The van der Waals surface area contributed by atoms with Crippen molar-refractivity contribution < 1.29 is 9.53 Å². The molecule has 0 aliphatic carbocycles. The summed E-state index contributed by atoms with van der Waals surface area (Å²) in [5.74, 6) is 0.557. The second-order valence-corrected chi connectivity index (χ2v) is 4.75. The van der Waals surface area contributed by atoms with Crippen LogP contribution >= 0.6 is 0 Å². The molecule has 3 nitrogen and oxygen atoms in total. The van der Waals surface area contributed by atoms with Gasteiger partial charge in [-0.25, -0.2) is 0 Å². The second-order valence-electron chi connectivity index (χ2n) is 4.75. The van der Waals surface area contributed by atoms with Gasteiger partial charge in [0.25, 0.3) is 0 Å². The predicted molar refractivity (Wildman–Crippen MR) is 81.3 cm³/mol. The van der Waals surface area contributed by atoms with Gasteiger partial charge < -0.3 is 10.5 Å². The molecular formula is C17H19NO2. The van der Waals surface area contributed by atoms with Gasteiger partial charge in [-0.1, -0.05) is 31.2 Å². The van der Waals surface area contributed by atoms with Gasteiger partial charge in [-0.15, -0.1) is 0 Å². The summed E-state index contributed by atoms with van der Waals surface area (Å²) in [6, 6.07) is 12.7. The number of ketones is 1. The van der Waals surface area contributed by atoms with Gasteiger partial charge in [0.05, 0.1) is 12.2 Å². The number of hydrogen-bond acceptors (Lipinski definition) is 3. The van der Waals surface area contributed by atoms with E-state index in [1.807, 2.05) is 38.1 Å². The first-order valence-corrected chi connectivity index (χ1v) is 6.76. The highest BCUT2D eigenvalue weighted by molar-refractivity contribution is 6.11. The lowest BCUT2D eigenvalue weighted by Gasteiger charge is -2.10. The van der Waals surface area contributed by atoms with Crippen LogP contribution in [0.3, 0.4) is 0 Å². The van der Waals surface area contributed by atoms with Crippen LogP contribution < -0.4 is 10.5 Å². The van der Waals surface area contributed by atoms with Crippen molar-refractivity contribution in [2.75, 3.05) is 12.3 Å². The smallest absolute Gasteiger partial charge is 0.196 e. The van der Waals surface area contributed by atoms with Crippen molar-refractivity contribution in [1.82, 2.24) is 0 Å². The van der Waals surface area contributed by atoms with E-state index in [4.69, 9.17) is 10.5 Å². The fourth-order valence-corrected chi connectivity index (χ4v) is 1.93. The molecule has 0 fully saturated rings. The number of aryl methyl sites for hydroxylation is 1. The van der Waals surface area contributed by atoms with E-state index in [1.54, 1.807) is 18.2 Å². The summed E-state index contributed by atoms with van der Waals surface area (Å²) in [5.41, 5.74) is 8.63. The average Bonchev–Trinajstić information content (AvgIpc) is 2.47. The number of nitrogen functional groups attached to an aromatic ring is 1. The van der Waals surface area contributed by atoms with Gasteiger partial charge in [0.2, 0.25) is 0 Å². The minimum Gasteiger partial charge on any atom is -0.493 e. The monoisotopic (exact) mass is 269 g/mol. The minimum atomic E-state index is -0.0663. The lowest BCUT2D eigenvalue weighted by atomic mass is 10.0. The first kappa shape index (κ1) is 14.1. The molecule has 104 valence electrons. The lowest BCUT2D eigenvalue weighted by Crippen LogP contribution is -2.07. The molecule has 0 saturated carbocycles. The number of hydrogen-bond donors (Lipinski definition) is 1. The number of benzene rings is 2. The molecule has 2 aromatic carbocycles. The van der Waals surface area contributed by atoms with E-state index in [-0.39, 0.29) is 5.78 Å². The Hall–Kier alpha value is -2.29. The number of carbonyl (C=O) groups is 1. The molecule has 2 rings (SSSR count). The molecule has 0 atom stereocenters. The Bertz CT molecular complexity index is 620. The van der Waals surface area contributed by atoms with E-state index < -0.39 is 0 Å². The Kier molecular flexibility index (Phi) is 4.41. The summed E-state index contributed by atoms with van der Waals surface area (Å²) in [5, 5.41) is 0. The maximum atomic E-state index is 12.6. The number of carbonyl (C=O) groups excluding carboxylic acids is 1. The maximum absolute atomic E-state index is 12.6. The molecule has 2 aromatic rings. The maximum Gasteiger partial charge on any atom is 0.196 e. The lowest BCUT2D eigenvalue weighted by molar-refractivity contribution is 0.103. The van der Waals surface area contributed by atoms with Gasteiger partial charge in [0, 0.05) is 11.3 Å². The van der Waals surface area contributed by atoms with Crippen molar-refractivity contribution in [2.24, 2.45) is 0 Å². The Labute approximate surface area is 119 Å². The van der Waals surface area contributed by atoms with Gasteiger partial charge in [-0.3, -0.25) is 4.79 Å². The standard InChI is InChI=1S/C17H19NO2/c1-3-10-20-16-7-5-4-6-14(16)17(19)13-9-8-12(2)15(18)11-13/h4-9,11H,3,10,18H2,1-2H3. The predicted octanol–water partition coefficient (Wildman–Crippen LogP) is 3.60. The van der Waals surface area contributed by atoms with Crippen molar-refractivity contribution in [3.05, 3.63) is 59.2 Å². The van der Waals surface area contributed by atoms with E-state index in [0.29, 0.717) is 29.2 Å². The van der Waals surface area contributed by atoms with Crippen LogP contribution in [0, 0.1) is 6.92 Å². The van der Waals surface area contributed by atoms with Crippen LogP contribution in [0.2, 0.25) is 0 Å². The van der Waals surface area contributed by atoms with Crippen LogP contribution in [0.25, 0.3) is 0 Å². The summed E-state index contributed by atoms with van der Waals surface area (Å²) in [6.45, 7) is 4.55. The van der Waals surface area contributed by atoms with Gasteiger partial charge in [-0.05, 0) is 37.1 Å².